The number of hydrogen-bond donors (Lipinski definition) is 1. The maximum Gasteiger partial charge on any atom is 0.428 e. The molecule has 0 saturated carbocycles. The summed E-state index contributed by atoms with van der Waals surface area (Å²) >= 11 is 0. The van der Waals surface area contributed by atoms with Gasteiger partial charge in [0.05, 0.1) is 0 Å². The van der Waals surface area contributed by atoms with Crippen molar-refractivity contribution in [3.05, 3.63) is 11.8 Å². The van der Waals surface area contributed by atoms with Crippen LogP contribution in [-0.2, 0) is 9.53 Å². The number of nitrogens with one attached hydrogen (secondary N) is 1. The molecule has 0 spiro atoms. The predicted octanol–water partition coefficient (Wildman–Crippen LogP) is 3.12. The number of carbonyl (C=O) groups excluding carboxylic acids is 1. The Morgan fingerprint density at radius 3 is 2.04 bits per heavy atom. The Balaban J connectivity index is 2.42. The summed E-state index contributed by atoms with van der Waals surface area (Å²) in [6.45, 7) is 1.22. The smallest absolute Gasteiger partial charge is 0.360 e. The van der Waals surface area contributed by atoms with Crippen LogP contribution >= 0.6 is 0 Å². The quantitative estimate of drug-likeness (QED) is 0.829. The van der Waals surface area contributed by atoms with E-state index < -0.39 is 41.5 Å². The second kappa shape index (κ2) is 4.77. The highest BCUT2D eigenvalue weighted by atomic mass is 19.4. The van der Waals surface area contributed by atoms with Crippen LogP contribution in [0.15, 0.2) is 10.6 Å². The summed E-state index contributed by atoms with van der Waals surface area (Å²) in [5, 5.41) is 3.99. The molecule has 5 nitrogen and oxygen atoms in total. The summed E-state index contributed by atoms with van der Waals surface area (Å²) in [7, 11) is 0. The summed E-state index contributed by atoms with van der Waals surface area (Å²) in [6, 6.07) is 0.774. The molecular formula is C10H5F9N2O3. The average molecular weight is 372 g/mol. The van der Waals surface area contributed by atoms with E-state index in [1.807, 2.05) is 0 Å². The van der Waals surface area contributed by atoms with Crippen LogP contribution in [0.5, 0.6) is 0 Å². The highest BCUT2D eigenvalue weighted by molar-refractivity contribution is 5.96. The van der Waals surface area contributed by atoms with Gasteiger partial charge in [-0.25, -0.2) is 0 Å². The maximum absolute atomic E-state index is 13.8. The van der Waals surface area contributed by atoms with Crippen molar-refractivity contribution in [3.63, 3.8) is 0 Å². The van der Waals surface area contributed by atoms with E-state index in [0.29, 0.717) is 0 Å². The minimum Gasteiger partial charge on any atom is -0.360 e. The summed E-state index contributed by atoms with van der Waals surface area (Å²) in [5.41, 5.74) is 0. The molecule has 0 radical (unpaired) electrons. The third-order valence-corrected chi connectivity index (χ3v) is 2.99. The van der Waals surface area contributed by atoms with Crippen LogP contribution in [0.1, 0.15) is 5.76 Å². The number of anilines is 1. The van der Waals surface area contributed by atoms with Crippen LogP contribution in [0, 0.1) is 6.92 Å². The van der Waals surface area contributed by atoms with Crippen molar-refractivity contribution in [2.45, 2.75) is 36.7 Å². The number of carbonyl (C=O) groups is 1. The molecule has 0 unspecified atom stereocenters. The molecule has 14 heteroatoms. The highest BCUT2D eigenvalue weighted by Gasteiger charge is 2.96. The van der Waals surface area contributed by atoms with Crippen LogP contribution in [0.3, 0.4) is 0 Å². The Morgan fingerprint density at radius 2 is 1.67 bits per heavy atom. The first-order chi connectivity index (χ1) is 10.6. The number of aromatic nitrogens is 1. The van der Waals surface area contributed by atoms with Gasteiger partial charge in [0, 0.05) is 6.07 Å². The Hall–Kier alpha value is -1.99. The van der Waals surface area contributed by atoms with Crippen molar-refractivity contribution < 1.29 is 53.6 Å². The van der Waals surface area contributed by atoms with E-state index >= 15 is 0 Å². The second-order valence-electron chi connectivity index (χ2n) is 4.71. The van der Waals surface area contributed by atoms with Gasteiger partial charge in [-0.05, 0) is 6.92 Å². The molecule has 1 aromatic heterocycles. The molecule has 1 fully saturated rings. The summed E-state index contributed by atoms with van der Waals surface area (Å²) in [5.74, 6) is -29.7. The lowest BCUT2D eigenvalue weighted by Crippen LogP contribution is -2.63. The zero-order valence-electron chi connectivity index (χ0n) is 11.2. The monoisotopic (exact) mass is 372 g/mol. The van der Waals surface area contributed by atoms with Gasteiger partial charge in [-0.15, -0.1) is 0 Å². The van der Waals surface area contributed by atoms with Gasteiger partial charge in [0.2, 0.25) is 0 Å². The van der Waals surface area contributed by atoms with Gasteiger partial charge in [-0.1, -0.05) is 5.16 Å². The number of hydrogen-bond acceptors (Lipinski definition) is 4. The van der Waals surface area contributed by atoms with Crippen molar-refractivity contribution in [2.24, 2.45) is 0 Å². The summed E-state index contributed by atoms with van der Waals surface area (Å²) in [6.07, 6.45) is -6.29. The lowest BCUT2D eigenvalue weighted by Gasteiger charge is -2.31. The first-order valence-electron chi connectivity index (χ1n) is 5.75. The zero-order valence-corrected chi connectivity index (χ0v) is 11.2. The van der Waals surface area contributed by atoms with Gasteiger partial charge >= 0.3 is 35.6 Å². The van der Waals surface area contributed by atoms with Crippen molar-refractivity contribution in [1.82, 2.24) is 5.16 Å². The Bertz CT molecular complexity index is 674. The first kappa shape index (κ1) is 18.4. The normalized spacial score (nSPS) is 27.9. The Labute approximate surface area is 125 Å². The SMILES string of the molecule is Cc1cc(NC(=O)C(F)(F)[C@@]2(F)OC(F)(F)C(F)(F)C2(F)F)no1. The Kier molecular flexibility index (Phi) is 3.64. The van der Waals surface area contributed by atoms with Crippen LogP contribution in [-0.4, -0.2) is 40.8 Å². The maximum atomic E-state index is 13.8. The van der Waals surface area contributed by atoms with E-state index in [9.17, 15) is 44.3 Å². The molecule has 24 heavy (non-hydrogen) atoms. The van der Waals surface area contributed by atoms with E-state index in [2.05, 4.69) is 14.4 Å². The number of aryl methyl sites for hydroxylation is 1. The van der Waals surface area contributed by atoms with Crippen molar-refractivity contribution >= 4 is 11.7 Å². The molecule has 1 saturated heterocycles. The van der Waals surface area contributed by atoms with Gasteiger partial charge < -0.3 is 9.84 Å². The van der Waals surface area contributed by atoms with Gasteiger partial charge in [-0.2, -0.15) is 39.5 Å². The van der Waals surface area contributed by atoms with Gasteiger partial charge in [0.15, 0.2) is 5.82 Å². The fourth-order valence-electron chi connectivity index (χ4n) is 1.72. The molecule has 2 rings (SSSR count). The third-order valence-electron chi connectivity index (χ3n) is 2.99. The van der Waals surface area contributed by atoms with E-state index in [1.54, 1.807) is 0 Å². The van der Waals surface area contributed by atoms with Gasteiger partial charge in [0.1, 0.15) is 5.76 Å². The molecule has 0 bridgehead atoms. The lowest BCUT2D eigenvalue weighted by molar-refractivity contribution is -0.366. The highest BCUT2D eigenvalue weighted by Crippen LogP contribution is 2.64. The van der Waals surface area contributed by atoms with E-state index in [1.165, 1.54) is 6.92 Å². The first-order valence-corrected chi connectivity index (χ1v) is 5.75. The van der Waals surface area contributed by atoms with E-state index in [4.69, 9.17) is 0 Å². The number of ether oxygens (including phenoxy) is 1. The number of halogens is 9. The van der Waals surface area contributed by atoms with Crippen molar-refractivity contribution in [2.75, 3.05) is 5.32 Å². The van der Waals surface area contributed by atoms with Crippen LogP contribution in [0.2, 0.25) is 0 Å². The minimum absolute atomic E-state index is 0.0657. The standard InChI is InChI=1S/C10H5F9N2O3/c1-3-2-4(21-23-3)20-5(22)6(11,12)9(17)7(13,14)8(15,16)10(18,19)24-9/h2H,1H3,(H,20,21,22)/t9-/m1/s1. The van der Waals surface area contributed by atoms with Crippen molar-refractivity contribution in [1.29, 1.82) is 0 Å². The molecule has 1 N–H and O–H groups in total. The second-order valence-corrected chi connectivity index (χ2v) is 4.71. The topological polar surface area (TPSA) is 64.4 Å². The van der Waals surface area contributed by atoms with Crippen LogP contribution in [0.25, 0.3) is 0 Å². The molecule has 1 aliphatic rings. The predicted molar refractivity (Wildman–Crippen MR) is 54.6 cm³/mol. The molecule has 1 atom stereocenters. The summed E-state index contributed by atoms with van der Waals surface area (Å²) in [4.78, 5) is 11.3. The van der Waals surface area contributed by atoms with Crippen molar-refractivity contribution in [3.8, 4) is 0 Å². The molecule has 1 aromatic rings. The number of alkyl halides is 9. The average Bonchev–Trinajstić information content (AvgIpc) is 2.85. The fourth-order valence-corrected chi connectivity index (χ4v) is 1.72. The molecule has 0 aromatic carbocycles. The largest absolute Gasteiger partial charge is 0.428 e. The summed E-state index contributed by atoms with van der Waals surface area (Å²) < 4.78 is 126. The molecule has 2 heterocycles. The zero-order chi connectivity index (χ0) is 18.8. The number of rotatable bonds is 3. The molecule has 1 aliphatic heterocycles. The van der Waals surface area contributed by atoms with Crippen LogP contribution in [0.4, 0.5) is 45.3 Å². The van der Waals surface area contributed by atoms with E-state index in [0.717, 1.165) is 11.4 Å². The molecule has 1 amide bonds. The number of amides is 1. The molecular weight excluding hydrogens is 367 g/mol. The fraction of sp³-hybridized carbons (Fsp3) is 0.600. The van der Waals surface area contributed by atoms with E-state index in [-0.39, 0.29) is 5.76 Å². The minimum atomic E-state index is -6.73. The molecule has 0 aliphatic carbocycles. The van der Waals surface area contributed by atoms with Gasteiger partial charge in [0.25, 0.3) is 0 Å². The Morgan fingerprint density at radius 1 is 1.12 bits per heavy atom. The number of nitrogens with zero attached hydrogens (tertiary/aromatic N) is 1. The molecule has 136 valence electrons. The van der Waals surface area contributed by atoms with Crippen LogP contribution < -0.4 is 5.32 Å². The van der Waals surface area contributed by atoms with Gasteiger partial charge in [-0.3, -0.25) is 9.53 Å². The third kappa shape index (κ3) is 2.08. The lowest BCUT2D eigenvalue weighted by atomic mass is 9.99.